The van der Waals surface area contributed by atoms with Crippen LogP contribution in [0.2, 0.25) is 0 Å². The summed E-state index contributed by atoms with van der Waals surface area (Å²) in [6.07, 6.45) is 3.07. The summed E-state index contributed by atoms with van der Waals surface area (Å²) in [6, 6.07) is 18.6. The number of amides is 2. The molecule has 0 aliphatic carbocycles. The quantitative estimate of drug-likeness (QED) is 0.464. The number of nitrogens with one attached hydrogen (secondary N) is 2. The van der Waals surface area contributed by atoms with Crippen LogP contribution >= 0.6 is 0 Å². The molecule has 2 amide bonds. The van der Waals surface area contributed by atoms with Crippen molar-refractivity contribution in [3.8, 4) is 17.5 Å². The minimum absolute atomic E-state index is 0.270. The number of rotatable bonds is 6. The van der Waals surface area contributed by atoms with Crippen LogP contribution in [0.4, 0.5) is 0 Å². The molecule has 0 spiro atoms. The highest BCUT2D eigenvalue weighted by molar-refractivity contribution is 5.93. The van der Waals surface area contributed by atoms with Crippen LogP contribution in [0, 0.1) is 32.1 Å². The van der Waals surface area contributed by atoms with E-state index in [0.29, 0.717) is 11.3 Å². The largest absolute Gasteiger partial charge is 0.484 e. The van der Waals surface area contributed by atoms with E-state index in [9.17, 15) is 9.59 Å². The summed E-state index contributed by atoms with van der Waals surface area (Å²) in [5, 5.41) is 8.77. The lowest BCUT2D eigenvalue weighted by molar-refractivity contribution is -0.128. The Balaban J connectivity index is 1.53. The van der Waals surface area contributed by atoms with Gasteiger partial charge in [0.1, 0.15) is 5.75 Å². The average Bonchev–Trinajstić information content (AvgIpc) is 3.08. The van der Waals surface area contributed by atoms with Gasteiger partial charge in [0.25, 0.3) is 11.8 Å². The number of hydrogen-bond donors (Lipinski definition) is 2. The number of ether oxygens (including phenoxy) is 1. The molecule has 0 fully saturated rings. The number of aromatic nitrogens is 1. The highest BCUT2D eigenvalue weighted by Gasteiger charge is 2.09. The van der Waals surface area contributed by atoms with E-state index in [0.717, 1.165) is 22.6 Å². The fourth-order valence-corrected chi connectivity index (χ4v) is 3.20. The van der Waals surface area contributed by atoms with Crippen molar-refractivity contribution < 1.29 is 14.3 Å². The maximum absolute atomic E-state index is 12.1. The molecule has 1 aromatic heterocycles. The number of nitriles is 1. The van der Waals surface area contributed by atoms with Gasteiger partial charge in [0.15, 0.2) is 6.61 Å². The van der Waals surface area contributed by atoms with Gasteiger partial charge in [0, 0.05) is 23.2 Å². The van der Waals surface area contributed by atoms with Gasteiger partial charge in [-0.1, -0.05) is 17.7 Å². The molecule has 0 atom stereocenters. The standard InChI is InChI=1S/C25H24N4O3/c1-17-4-9-22(10-5-17)29-18(2)14-21(19(29)3)8-13-24(30)27-28-25(31)16-32-23-11-6-20(15-26)7-12-23/h4-14H,16H2,1-3H3,(H,27,30)(H,28,31). The second-order valence-corrected chi connectivity index (χ2v) is 7.29. The summed E-state index contributed by atoms with van der Waals surface area (Å²) in [6.45, 7) is 5.78. The van der Waals surface area contributed by atoms with Crippen molar-refractivity contribution in [1.82, 2.24) is 15.4 Å². The number of nitrogens with zero attached hydrogens (tertiary/aromatic N) is 2. The molecule has 0 saturated heterocycles. The van der Waals surface area contributed by atoms with E-state index < -0.39 is 11.8 Å². The first-order valence-corrected chi connectivity index (χ1v) is 10.0. The zero-order chi connectivity index (χ0) is 23.1. The summed E-state index contributed by atoms with van der Waals surface area (Å²) in [7, 11) is 0. The summed E-state index contributed by atoms with van der Waals surface area (Å²) in [5.41, 5.74) is 10.4. The van der Waals surface area contributed by atoms with Crippen molar-refractivity contribution in [2.75, 3.05) is 6.61 Å². The van der Waals surface area contributed by atoms with Gasteiger partial charge in [0.2, 0.25) is 0 Å². The monoisotopic (exact) mass is 428 g/mol. The zero-order valence-corrected chi connectivity index (χ0v) is 18.2. The van der Waals surface area contributed by atoms with Gasteiger partial charge in [-0.25, -0.2) is 0 Å². The SMILES string of the molecule is Cc1ccc(-n2c(C)cc(C=CC(=O)NNC(=O)COc3ccc(C#N)cc3)c2C)cc1. The highest BCUT2D eigenvalue weighted by atomic mass is 16.5. The van der Waals surface area contributed by atoms with Crippen LogP contribution in [0.15, 0.2) is 60.7 Å². The molecule has 0 bridgehead atoms. The Morgan fingerprint density at radius 1 is 1.03 bits per heavy atom. The number of hydrazine groups is 1. The molecule has 2 aromatic carbocycles. The van der Waals surface area contributed by atoms with Gasteiger partial charge in [-0.2, -0.15) is 5.26 Å². The van der Waals surface area contributed by atoms with E-state index in [1.165, 1.54) is 11.6 Å². The van der Waals surface area contributed by atoms with Crippen molar-refractivity contribution >= 4 is 17.9 Å². The van der Waals surface area contributed by atoms with Crippen LogP contribution in [0.3, 0.4) is 0 Å². The third-order valence-corrected chi connectivity index (χ3v) is 4.86. The Bertz CT molecular complexity index is 1180. The van der Waals surface area contributed by atoms with Gasteiger partial charge in [-0.05, 0) is 74.9 Å². The first kappa shape index (κ1) is 22.4. The van der Waals surface area contributed by atoms with E-state index in [2.05, 4.69) is 39.7 Å². The Kier molecular flexibility index (Phi) is 7.09. The van der Waals surface area contributed by atoms with Gasteiger partial charge in [0.05, 0.1) is 11.6 Å². The molecule has 3 aromatic rings. The van der Waals surface area contributed by atoms with E-state index in [-0.39, 0.29) is 6.61 Å². The summed E-state index contributed by atoms with van der Waals surface area (Å²) in [4.78, 5) is 24.0. The smallest absolute Gasteiger partial charge is 0.276 e. The van der Waals surface area contributed by atoms with Crippen LogP contribution in [-0.2, 0) is 9.59 Å². The molecule has 0 unspecified atom stereocenters. The maximum Gasteiger partial charge on any atom is 0.276 e. The Morgan fingerprint density at radius 2 is 1.72 bits per heavy atom. The molecule has 7 nitrogen and oxygen atoms in total. The predicted octanol–water partition coefficient (Wildman–Crippen LogP) is 3.51. The summed E-state index contributed by atoms with van der Waals surface area (Å²) >= 11 is 0. The molecule has 3 rings (SSSR count). The molecular weight excluding hydrogens is 404 g/mol. The Labute approximate surface area is 186 Å². The zero-order valence-electron chi connectivity index (χ0n) is 18.2. The number of benzene rings is 2. The Morgan fingerprint density at radius 3 is 2.38 bits per heavy atom. The van der Waals surface area contributed by atoms with Crippen molar-refractivity contribution in [2.24, 2.45) is 0 Å². The first-order valence-electron chi connectivity index (χ1n) is 10.0. The van der Waals surface area contributed by atoms with Gasteiger partial charge in [-0.15, -0.1) is 0 Å². The normalized spacial score (nSPS) is 10.6. The third-order valence-electron chi connectivity index (χ3n) is 4.86. The van der Waals surface area contributed by atoms with E-state index in [1.807, 2.05) is 32.9 Å². The van der Waals surface area contributed by atoms with Crippen molar-refractivity contribution in [3.63, 3.8) is 0 Å². The molecule has 162 valence electrons. The maximum atomic E-state index is 12.1. The molecule has 0 aliphatic rings. The molecule has 2 N–H and O–H groups in total. The minimum atomic E-state index is -0.506. The molecule has 0 saturated carbocycles. The first-order chi connectivity index (χ1) is 15.4. The van der Waals surface area contributed by atoms with E-state index >= 15 is 0 Å². The topological polar surface area (TPSA) is 96.2 Å². The molecule has 0 aliphatic heterocycles. The number of hydrogen-bond acceptors (Lipinski definition) is 4. The highest BCUT2D eigenvalue weighted by Crippen LogP contribution is 2.22. The fraction of sp³-hybridized carbons (Fsp3) is 0.160. The number of carbonyl (C=O) groups is 2. The lowest BCUT2D eigenvalue weighted by Gasteiger charge is -2.10. The second kappa shape index (κ2) is 10.1. The lowest BCUT2D eigenvalue weighted by Crippen LogP contribution is -2.43. The molecule has 32 heavy (non-hydrogen) atoms. The molecular formula is C25H24N4O3. The third kappa shape index (κ3) is 5.64. The second-order valence-electron chi connectivity index (χ2n) is 7.29. The van der Waals surface area contributed by atoms with Crippen molar-refractivity contribution in [2.45, 2.75) is 20.8 Å². The van der Waals surface area contributed by atoms with Crippen LogP contribution in [0.1, 0.15) is 28.1 Å². The minimum Gasteiger partial charge on any atom is -0.484 e. The predicted molar refractivity (Wildman–Crippen MR) is 122 cm³/mol. The Hall–Kier alpha value is -4.31. The van der Waals surface area contributed by atoms with Gasteiger partial charge < -0.3 is 9.30 Å². The van der Waals surface area contributed by atoms with Gasteiger partial charge in [-0.3, -0.25) is 20.4 Å². The van der Waals surface area contributed by atoms with E-state index in [4.69, 9.17) is 10.00 Å². The summed E-state index contributed by atoms with van der Waals surface area (Å²) in [5.74, 6) is -0.514. The lowest BCUT2D eigenvalue weighted by atomic mass is 10.2. The van der Waals surface area contributed by atoms with Gasteiger partial charge >= 0.3 is 0 Å². The number of aryl methyl sites for hydroxylation is 2. The number of carbonyl (C=O) groups excluding carboxylic acids is 2. The van der Waals surface area contributed by atoms with Crippen LogP contribution in [0.25, 0.3) is 11.8 Å². The van der Waals surface area contributed by atoms with Crippen LogP contribution < -0.4 is 15.6 Å². The molecule has 1 heterocycles. The van der Waals surface area contributed by atoms with Crippen molar-refractivity contribution in [1.29, 1.82) is 5.26 Å². The van der Waals surface area contributed by atoms with Crippen LogP contribution in [0.5, 0.6) is 5.75 Å². The van der Waals surface area contributed by atoms with E-state index in [1.54, 1.807) is 30.3 Å². The molecule has 0 radical (unpaired) electrons. The van der Waals surface area contributed by atoms with Crippen LogP contribution in [-0.4, -0.2) is 23.0 Å². The molecule has 7 heteroatoms. The average molecular weight is 428 g/mol. The summed E-state index contributed by atoms with van der Waals surface area (Å²) < 4.78 is 7.44. The fourth-order valence-electron chi connectivity index (χ4n) is 3.20. The van der Waals surface area contributed by atoms with Crippen molar-refractivity contribution in [3.05, 3.63) is 88.8 Å².